The van der Waals surface area contributed by atoms with Crippen LogP contribution in [-0.4, -0.2) is 45.6 Å². The van der Waals surface area contributed by atoms with E-state index >= 15 is 0 Å². The lowest BCUT2D eigenvalue weighted by Crippen LogP contribution is -2.54. The number of halogens is 1. The van der Waals surface area contributed by atoms with Gasteiger partial charge in [-0.15, -0.1) is 0 Å². The summed E-state index contributed by atoms with van der Waals surface area (Å²) in [5, 5.41) is 41.2. The molecule has 0 aliphatic carbocycles. The van der Waals surface area contributed by atoms with Gasteiger partial charge in [-0.05, 0) is 11.6 Å². The molecule has 1 aromatic rings. The first-order valence-electron chi connectivity index (χ1n) is 5.48. The normalized spacial score (nSPS) is 11.6. The molecule has 0 aliphatic rings. The lowest BCUT2D eigenvalue weighted by Gasteiger charge is -2.29. The van der Waals surface area contributed by atoms with Gasteiger partial charge in [-0.1, -0.05) is 11.6 Å². The van der Waals surface area contributed by atoms with E-state index in [2.05, 4.69) is 5.32 Å². The zero-order valence-corrected chi connectivity index (χ0v) is 10.8. The average molecular weight is 291 g/mol. The van der Waals surface area contributed by atoms with E-state index < -0.39 is 30.3 Å². The maximum atomic E-state index is 10.7. The molecular weight excluding hydrogens is 276 g/mol. The summed E-state index contributed by atoms with van der Waals surface area (Å²) in [6.07, 6.45) is 0. The zero-order valence-electron chi connectivity index (χ0n) is 10.0. The highest BCUT2D eigenvalue weighted by Gasteiger charge is 2.27. The second-order valence-electron chi connectivity index (χ2n) is 4.14. The Morgan fingerprint density at radius 3 is 2.32 bits per heavy atom. The van der Waals surface area contributed by atoms with E-state index in [1.54, 1.807) is 0 Å². The standard InChI is InChI=1S/C11H15ClN2O5/c12-10-2-1-9(14(18)19)3-8(10)4-13-11(5-15,6-16)7-17/h1-3,13,15-17H,4-7H2. The highest BCUT2D eigenvalue weighted by Crippen LogP contribution is 2.22. The van der Waals surface area contributed by atoms with Crippen LogP contribution in [-0.2, 0) is 6.54 Å². The molecule has 0 fully saturated rings. The van der Waals surface area contributed by atoms with Crippen molar-refractivity contribution in [1.29, 1.82) is 0 Å². The summed E-state index contributed by atoms with van der Waals surface area (Å²) in [5.41, 5.74) is -0.923. The number of hydrogen-bond donors (Lipinski definition) is 4. The van der Waals surface area contributed by atoms with Crippen LogP contribution in [0.1, 0.15) is 5.56 Å². The van der Waals surface area contributed by atoms with E-state index in [9.17, 15) is 10.1 Å². The Morgan fingerprint density at radius 1 is 1.26 bits per heavy atom. The molecule has 0 amide bonds. The summed E-state index contributed by atoms with van der Waals surface area (Å²) in [7, 11) is 0. The highest BCUT2D eigenvalue weighted by molar-refractivity contribution is 6.31. The number of aliphatic hydroxyl groups is 3. The Morgan fingerprint density at radius 2 is 1.84 bits per heavy atom. The second-order valence-corrected chi connectivity index (χ2v) is 4.55. The van der Waals surface area contributed by atoms with Gasteiger partial charge in [0.1, 0.15) is 0 Å². The molecule has 0 saturated heterocycles. The van der Waals surface area contributed by atoms with Crippen LogP contribution in [0.5, 0.6) is 0 Å². The van der Waals surface area contributed by atoms with Crippen LogP contribution in [0.3, 0.4) is 0 Å². The first-order chi connectivity index (χ1) is 8.98. The van der Waals surface area contributed by atoms with Crippen molar-refractivity contribution < 1.29 is 20.2 Å². The highest BCUT2D eigenvalue weighted by atomic mass is 35.5. The van der Waals surface area contributed by atoms with Crippen molar-refractivity contribution in [3.05, 3.63) is 38.9 Å². The molecule has 106 valence electrons. The molecule has 0 heterocycles. The predicted octanol–water partition coefficient (Wildman–Crippen LogP) is 0.0535. The number of benzene rings is 1. The van der Waals surface area contributed by atoms with Crippen LogP contribution in [0.2, 0.25) is 5.02 Å². The third kappa shape index (κ3) is 3.85. The van der Waals surface area contributed by atoms with Gasteiger partial charge in [-0.25, -0.2) is 0 Å². The molecular formula is C11H15ClN2O5. The van der Waals surface area contributed by atoms with Gasteiger partial charge in [0.2, 0.25) is 0 Å². The maximum Gasteiger partial charge on any atom is 0.269 e. The van der Waals surface area contributed by atoms with Crippen LogP contribution < -0.4 is 5.32 Å². The van der Waals surface area contributed by atoms with Gasteiger partial charge in [0.05, 0.1) is 30.3 Å². The molecule has 0 unspecified atom stereocenters. The predicted molar refractivity (Wildman–Crippen MR) is 68.9 cm³/mol. The van der Waals surface area contributed by atoms with Gasteiger partial charge < -0.3 is 20.6 Å². The number of nitrogens with one attached hydrogen (secondary N) is 1. The lowest BCUT2D eigenvalue weighted by molar-refractivity contribution is -0.384. The van der Waals surface area contributed by atoms with E-state index in [1.807, 2.05) is 0 Å². The van der Waals surface area contributed by atoms with Crippen molar-refractivity contribution in [2.75, 3.05) is 19.8 Å². The lowest BCUT2D eigenvalue weighted by atomic mass is 10.0. The van der Waals surface area contributed by atoms with Gasteiger partial charge in [0.15, 0.2) is 0 Å². The molecule has 8 heteroatoms. The number of hydrogen-bond acceptors (Lipinski definition) is 6. The second kappa shape index (κ2) is 6.78. The molecule has 1 rings (SSSR count). The van der Waals surface area contributed by atoms with E-state index in [4.69, 9.17) is 26.9 Å². The number of nitro groups is 1. The van der Waals surface area contributed by atoms with Crippen LogP contribution in [0.15, 0.2) is 18.2 Å². The fourth-order valence-electron chi connectivity index (χ4n) is 1.41. The smallest absolute Gasteiger partial charge is 0.269 e. The topological polar surface area (TPSA) is 116 Å². The van der Waals surface area contributed by atoms with Crippen molar-refractivity contribution in [2.24, 2.45) is 0 Å². The van der Waals surface area contributed by atoms with Crippen molar-refractivity contribution in [3.8, 4) is 0 Å². The molecule has 1 aromatic carbocycles. The monoisotopic (exact) mass is 290 g/mol. The molecule has 7 nitrogen and oxygen atoms in total. The van der Waals surface area contributed by atoms with Crippen molar-refractivity contribution in [2.45, 2.75) is 12.1 Å². The number of aliphatic hydroxyl groups excluding tert-OH is 3. The molecule has 0 atom stereocenters. The van der Waals surface area contributed by atoms with Crippen molar-refractivity contribution >= 4 is 17.3 Å². The van der Waals surface area contributed by atoms with Gasteiger partial charge in [-0.2, -0.15) is 0 Å². The van der Waals surface area contributed by atoms with Crippen LogP contribution >= 0.6 is 11.6 Å². The van der Waals surface area contributed by atoms with Crippen LogP contribution in [0.25, 0.3) is 0 Å². The first-order valence-corrected chi connectivity index (χ1v) is 5.86. The average Bonchev–Trinajstić information content (AvgIpc) is 2.42. The number of rotatable bonds is 7. The Kier molecular flexibility index (Phi) is 5.64. The number of nitrogens with zero attached hydrogens (tertiary/aromatic N) is 1. The summed E-state index contributed by atoms with van der Waals surface area (Å²) in [5.74, 6) is 0. The van der Waals surface area contributed by atoms with Gasteiger partial charge in [0, 0.05) is 23.7 Å². The molecule has 0 radical (unpaired) electrons. The molecule has 4 N–H and O–H groups in total. The van der Waals surface area contributed by atoms with Gasteiger partial charge >= 0.3 is 0 Å². The summed E-state index contributed by atoms with van der Waals surface area (Å²) >= 11 is 5.91. The van der Waals surface area contributed by atoms with Gasteiger partial charge in [-0.3, -0.25) is 10.1 Å². The number of nitro benzene ring substituents is 1. The maximum absolute atomic E-state index is 10.7. The van der Waals surface area contributed by atoms with E-state index in [1.165, 1.54) is 18.2 Å². The van der Waals surface area contributed by atoms with Crippen molar-refractivity contribution in [1.82, 2.24) is 5.32 Å². The Hall–Kier alpha value is -1.25. The van der Waals surface area contributed by atoms with E-state index in [-0.39, 0.29) is 12.2 Å². The summed E-state index contributed by atoms with van der Waals surface area (Å²) in [4.78, 5) is 10.1. The zero-order chi connectivity index (χ0) is 14.5. The SMILES string of the molecule is O=[N+]([O-])c1ccc(Cl)c(CNC(CO)(CO)CO)c1. The molecule has 0 aromatic heterocycles. The summed E-state index contributed by atoms with van der Waals surface area (Å²) < 4.78 is 0. The Bertz CT molecular complexity index is 442. The van der Waals surface area contributed by atoms with Crippen molar-refractivity contribution in [3.63, 3.8) is 0 Å². The third-order valence-electron chi connectivity index (χ3n) is 2.80. The Labute approximate surface area is 114 Å². The summed E-state index contributed by atoms with van der Waals surface area (Å²) in [6, 6.07) is 3.98. The molecule has 0 saturated carbocycles. The fourth-order valence-corrected chi connectivity index (χ4v) is 1.59. The largest absolute Gasteiger partial charge is 0.394 e. The minimum absolute atomic E-state index is 0.0716. The van der Waals surface area contributed by atoms with Crippen LogP contribution in [0, 0.1) is 10.1 Å². The minimum Gasteiger partial charge on any atom is -0.394 e. The third-order valence-corrected chi connectivity index (χ3v) is 3.17. The first kappa shape index (κ1) is 15.8. The quantitative estimate of drug-likeness (QED) is 0.417. The molecule has 0 spiro atoms. The summed E-state index contributed by atoms with van der Waals surface area (Å²) in [6.45, 7) is -1.37. The molecule has 19 heavy (non-hydrogen) atoms. The van der Waals surface area contributed by atoms with E-state index in [0.29, 0.717) is 10.6 Å². The fraction of sp³-hybridized carbons (Fsp3) is 0.455. The molecule has 0 bridgehead atoms. The Balaban J connectivity index is 2.87. The van der Waals surface area contributed by atoms with Crippen LogP contribution in [0.4, 0.5) is 5.69 Å². The molecule has 0 aliphatic heterocycles. The minimum atomic E-state index is -1.26. The van der Waals surface area contributed by atoms with E-state index in [0.717, 1.165) is 0 Å². The van der Waals surface area contributed by atoms with Gasteiger partial charge in [0.25, 0.3) is 5.69 Å². The number of non-ortho nitro benzene ring substituents is 1.